The van der Waals surface area contributed by atoms with E-state index in [1.807, 2.05) is 0 Å². The molecule has 4 rings (SSSR count). The number of rotatable bonds is 5. The number of amides is 1. The van der Waals surface area contributed by atoms with Crippen molar-refractivity contribution < 1.29 is 39.6 Å². The number of hydrogen-bond acceptors (Lipinski definition) is 5. The molecule has 1 amide bonds. The van der Waals surface area contributed by atoms with Crippen LogP contribution in [-0.4, -0.2) is 55.0 Å². The molecule has 2 aliphatic rings. The average molecular weight is 536 g/mol. The lowest BCUT2D eigenvalue weighted by Gasteiger charge is -2.33. The number of benzene rings is 1. The highest BCUT2D eigenvalue weighted by atomic mass is 32.2. The molecule has 1 aromatic carbocycles. The van der Waals surface area contributed by atoms with Gasteiger partial charge in [-0.2, -0.15) is 13.2 Å². The zero-order chi connectivity index (χ0) is 26.4. The first-order valence-electron chi connectivity index (χ1n) is 11.2. The smallest absolute Gasteiger partial charge is 0.380 e. The molecule has 1 N–H and O–H groups in total. The van der Waals surface area contributed by atoms with Crippen LogP contribution in [0.3, 0.4) is 0 Å². The summed E-state index contributed by atoms with van der Waals surface area (Å²) in [5.41, 5.74) is 0.229. The van der Waals surface area contributed by atoms with Gasteiger partial charge in [0, 0.05) is 19.0 Å². The van der Waals surface area contributed by atoms with Crippen molar-refractivity contribution in [1.29, 1.82) is 0 Å². The topological polar surface area (TPSA) is 79.4 Å². The first-order chi connectivity index (χ1) is 16.8. The molecule has 2 aromatic rings. The molecule has 1 fully saturated rings. The molecule has 0 saturated carbocycles. The fourth-order valence-corrected chi connectivity index (χ4v) is 6.29. The highest BCUT2D eigenvalue weighted by Crippen LogP contribution is 2.38. The van der Waals surface area contributed by atoms with Crippen molar-refractivity contribution in [2.75, 3.05) is 23.9 Å². The van der Waals surface area contributed by atoms with E-state index in [9.17, 15) is 39.6 Å². The van der Waals surface area contributed by atoms with Crippen LogP contribution in [0.4, 0.5) is 32.0 Å². The summed E-state index contributed by atoms with van der Waals surface area (Å²) in [6.45, 7) is 0. The second kappa shape index (κ2) is 9.56. The predicted octanol–water partition coefficient (Wildman–Crippen LogP) is 3.96. The number of hydrogen-bond donors (Lipinski definition) is 1. The third-order valence-corrected chi connectivity index (χ3v) is 8.37. The number of carbonyl (C=O) groups excluding carboxylic acids is 1. The Kier molecular flexibility index (Phi) is 6.97. The van der Waals surface area contributed by atoms with Gasteiger partial charge < -0.3 is 10.2 Å². The third kappa shape index (κ3) is 5.30. The number of anilines is 1. The molecular formula is C23H23F6N3O3S. The molecule has 2 unspecified atom stereocenters. The monoisotopic (exact) mass is 535 g/mol. The largest absolute Gasteiger partial charge is 0.414 e. The lowest BCUT2D eigenvalue weighted by Crippen LogP contribution is -2.44. The molecule has 196 valence electrons. The molecule has 0 radical (unpaired) electrons. The van der Waals surface area contributed by atoms with E-state index in [2.05, 4.69) is 10.3 Å². The maximum atomic E-state index is 14.0. The average Bonchev–Trinajstić information content (AvgIpc) is 3.19. The van der Waals surface area contributed by atoms with Gasteiger partial charge >= 0.3 is 6.18 Å². The highest BCUT2D eigenvalue weighted by Gasteiger charge is 2.47. The van der Waals surface area contributed by atoms with Gasteiger partial charge in [-0.25, -0.2) is 21.6 Å². The molecule has 2 heterocycles. The number of carbonyl (C=O) groups is 1. The summed E-state index contributed by atoms with van der Waals surface area (Å²) < 4.78 is 106. The first-order valence-corrected chi connectivity index (χ1v) is 13.0. The summed E-state index contributed by atoms with van der Waals surface area (Å²) in [7, 11) is -2.27. The van der Waals surface area contributed by atoms with E-state index in [-0.39, 0.29) is 42.8 Å². The second-order valence-corrected chi connectivity index (χ2v) is 11.5. The van der Waals surface area contributed by atoms with Crippen molar-refractivity contribution in [2.24, 2.45) is 5.92 Å². The number of halogens is 6. The minimum Gasteiger partial charge on any atom is -0.380 e. The fraction of sp³-hybridized carbons (Fsp3) is 0.478. The highest BCUT2D eigenvalue weighted by molar-refractivity contribution is 7.91. The maximum absolute atomic E-state index is 14.0. The van der Waals surface area contributed by atoms with Crippen LogP contribution >= 0.6 is 0 Å². The van der Waals surface area contributed by atoms with Gasteiger partial charge in [-0.1, -0.05) is 0 Å². The van der Waals surface area contributed by atoms with E-state index in [4.69, 9.17) is 0 Å². The Labute approximate surface area is 203 Å². The lowest BCUT2D eigenvalue weighted by molar-refractivity contribution is -0.191. The number of alkyl halides is 3. The fourth-order valence-electron chi connectivity index (χ4n) is 4.80. The second-order valence-electron chi connectivity index (χ2n) is 9.16. The number of fused-ring (bicyclic) bond motifs is 1. The summed E-state index contributed by atoms with van der Waals surface area (Å²) in [5.74, 6) is -6.22. The van der Waals surface area contributed by atoms with Crippen molar-refractivity contribution in [3.05, 3.63) is 58.7 Å². The van der Waals surface area contributed by atoms with Gasteiger partial charge in [-0.3, -0.25) is 9.78 Å². The molecule has 6 nitrogen and oxygen atoms in total. The van der Waals surface area contributed by atoms with Crippen LogP contribution in [0.15, 0.2) is 24.4 Å². The molecule has 1 aromatic heterocycles. The molecule has 2 atom stereocenters. The van der Waals surface area contributed by atoms with E-state index in [0.29, 0.717) is 16.2 Å². The molecule has 1 aliphatic heterocycles. The van der Waals surface area contributed by atoms with Gasteiger partial charge in [0.05, 0.1) is 29.1 Å². The van der Waals surface area contributed by atoms with Gasteiger partial charge in [0.15, 0.2) is 23.5 Å². The van der Waals surface area contributed by atoms with Crippen molar-refractivity contribution in [3.63, 3.8) is 0 Å². The van der Waals surface area contributed by atoms with Crippen LogP contribution in [0.2, 0.25) is 0 Å². The summed E-state index contributed by atoms with van der Waals surface area (Å²) >= 11 is 0. The van der Waals surface area contributed by atoms with Crippen LogP contribution in [0.25, 0.3) is 0 Å². The molecular weight excluding hydrogens is 512 g/mol. The zero-order valence-corrected chi connectivity index (χ0v) is 19.9. The van der Waals surface area contributed by atoms with Crippen LogP contribution in [0.5, 0.6) is 0 Å². The van der Waals surface area contributed by atoms with Crippen LogP contribution in [0, 0.1) is 23.4 Å². The van der Waals surface area contributed by atoms with Crippen molar-refractivity contribution in [1.82, 2.24) is 9.88 Å². The SMILES string of the molecule is CN(C(=O)C1CCS(=O)(=O)CC1)C(c1ccc(NC2Cc3cc(F)c(F)c(F)c3C2)cn1)C(F)(F)F. The minimum atomic E-state index is -4.84. The quantitative estimate of drug-likeness (QED) is 0.463. The Morgan fingerprint density at radius 3 is 2.36 bits per heavy atom. The zero-order valence-electron chi connectivity index (χ0n) is 19.1. The van der Waals surface area contributed by atoms with Crippen LogP contribution < -0.4 is 5.32 Å². The summed E-state index contributed by atoms with van der Waals surface area (Å²) in [6, 6.07) is 0.575. The molecule has 1 saturated heterocycles. The number of sulfone groups is 1. The Bertz CT molecular complexity index is 1250. The van der Waals surface area contributed by atoms with Gasteiger partial charge in [0.25, 0.3) is 0 Å². The Morgan fingerprint density at radius 1 is 1.11 bits per heavy atom. The number of aromatic nitrogens is 1. The Morgan fingerprint density at radius 2 is 1.78 bits per heavy atom. The molecule has 0 bridgehead atoms. The van der Waals surface area contributed by atoms with E-state index in [1.165, 1.54) is 6.07 Å². The summed E-state index contributed by atoms with van der Waals surface area (Å²) in [6.07, 6.45) is -3.54. The number of nitrogens with one attached hydrogen (secondary N) is 1. The first kappa shape index (κ1) is 26.2. The van der Waals surface area contributed by atoms with Crippen molar-refractivity contribution in [2.45, 2.75) is 43.9 Å². The van der Waals surface area contributed by atoms with Crippen LogP contribution in [-0.2, 0) is 27.5 Å². The van der Waals surface area contributed by atoms with Crippen molar-refractivity contribution >= 4 is 21.4 Å². The van der Waals surface area contributed by atoms with E-state index < -0.39 is 63.1 Å². The maximum Gasteiger partial charge on any atom is 0.414 e. The van der Waals surface area contributed by atoms with Crippen molar-refractivity contribution in [3.8, 4) is 0 Å². The third-order valence-electron chi connectivity index (χ3n) is 6.66. The molecule has 0 spiro atoms. The van der Waals surface area contributed by atoms with Gasteiger partial charge in [-0.05, 0) is 55.0 Å². The van der Waals surface area contributed by atoms with Gasteiger partial charge in [-0.15, -0.1) is 0 Å². The minimum absolute atomic E-state index is 0.0372. The molecule has 13 heteroatoms. The lowest BCUT2D eigenvalue weighted by atomic mass is 9.99. The number of nitrogens with zero attached hydrogens (tertiary/aromatic N) is 2. The standard InChI is InChI=1S/C23H23F6N3O3S/c1-32(22(33)12-4-6-36(34,35)7-5-12)21(23(27,28)29)18-3-2-14(11-30-18)31-15-8-13-9-17(24)20(26)19(25)16(13)10-15/h2-3,9,11-12,15,21,31H,4-8,10H2,1H3. The van der Waals surface area contributed by atoms with Gasteiger partial charge in [0.1, 0.15) is 9.84 Å². The number of pyridine rings is 1. The van der Waals surface area contributed by atoms with E-state index >= 15 is 0 Å². The summed E-state index contributed by atoms with van der Waals surface area (Å²) in [4.78, 5) is 17.2. The molecule has 36 heavy (non-hydrogen) atoms. The normalized spacial score (nSPS) is 20.6. The Hall–Kier alpha value is -2.83. The van der Waals surface area contributed by atoms with Gasteiger partial charge in [0.2, 0.25) is 5.91 Å². The van der Waals surface area contributed by atoms with Crippen LogP contribution in [0.1, 0.15) is 35.7 Å². The summed E-state index contributed by atoms with van der Waals surface area (Å²) in [5, 5.41) is 2.98. The van der Waals surface area contributed by atoms with E-state index in [1.54, 1.807) is 0 Å². The van der Waals surface area contributed by atoms with E-state index in [0.717, 1.165) is 25.4 Å². The Balaban J connectivity index is 1.47. The predicted molar refractivity (Wildman–Crippen MR) is 118 cm³/mol. The molecule has 1 aliphatic carbocycles.